The Balaban J connectivity index is 1.71. The van der Waals surface area contributed by atoms with Gasteiger partial charge in [-0.05, 0) is 26.0 Å². The Bertz CT molecular complexity index is 1040. The molecule has 0 atom stereocenters. The number of aromatic amines is 1. The molecule has 2 heterocycles. The predicted octanol–water partition coefficient (Wildman–Crippen LogP) is 1.35. The summed E-state index contributed by atoms with van der Waals surface area (Å²) in [5.74, 6) is 1.66. The molecule has 0 aliphatic rings. The Morgan fingerprint density at radius 2 is 1.93 bits per heavy atom. The first kappa shape index (κ1) is 19.3. The quantitative estimate of drug-likeness (QED) is 0.667. The van der Waals surface area contributed by atoms with E-state index in [1.165, 1.54) is 6.07 Å². The van der Waals surface area contributed by atoms with Gasteiger partial charge in [0, 0.05) is 37.8 Å². The third-order valence-electron chi connectivity index (χ3n) is 4.10. The second kappa shape index (κ2) is 8.03. The normalized spacial score (nSPS) is 10.7. The van der Waals surface area contributed by atoms with Crippen molar-refractivity contribution in [2.45, 2.75) is 26.9 Å². The Hall–Kier alpha value is -3.49. The van der Waals surface area contributed by atoms with Gasteiger partial charge in [-0.15, -0.1) is 5.10 Å². The second-order valence-corrected chi connectivity index (χ2v) is 6.53. The molecule has 3 aromatic rings. The van der Waals surface area contributed by atoms with Gasteiger partial charge in [0.05, 0.1) is 12.2 Å². The number of carbonyl (C=O) groups is 1. The van der Waals surface area contributed by atoms with Crippen LogP contribution in [-0.4, -0.2) is 44.7 Å². The van der Waals surface area contributed by atoms with Crippen molar-refractivity contribution in [1.29, 1.82) is 0 Å². The molecule has 0 saturated carbocycles. The number of aromatic nitrogens is 5. The minimum absolute atomic E-state index is 0.181. The van der Waals surface area contributed by atoms with Crippen molar-refractivity contribution in [3.05, 3.63) is 57.8 Å². The first-order valence-corrected chi connectivity index (χ1v) is 8.95. The number of amides is 1. The van der Waals surface area contributed by atoms with Gasteiger partial charge in [-0.25, -0.2) is 9.67 Å². The van der Waals surface area contributed by atoms with Crippen molar-refractivity contribution in [1.82, 2.24) is 30.0 Å². The maximum Gasteiger partial charge on any atom is 0.251 e. The number of carbonyl (C=O) groups excluding carboxylic acids is 1. The Morgan fingerprint density at radius 1 is 1.21 bits per heavy atom. The van der Waals surface area contributed by atoms with E-state index in [0.29, 0.717) is 22.9 Å². The van der Waals surface area contributed by atoms with Gasteiger partial charge < -0.3 is 15.2 Å². The zero-order valence-corrected chi connectivity index (χ0v) is 16.4. The van der Waals surface area contributed by atoms with E-state index in [0.717, 1.165) is 18.1 Å². The van der Waals surface area contributed by atoms with E-state index in [4.69, 9.17) is 0 Å². The van der Waals surface area contributed by atoms with Crippen molar-refractivity contribution in [2.75, 3.05) is 19.0 Å². The number of H-pyrrole nitrogens is 1. The van der Waals surface area contributed by atoms with Crippen molar-refractivity contribution in [3.63, 3.8) is 0 Å². The van der Waals surface area contributed by atoms with E-state index in [-0.39, 0.29) is 18.0 Å². The number of benzene rings is 1. The highest BCUT2D eigenvalue weighted by Gasteiger charge is 2.13. The monoisotopic (exact) mass is 381 g/mol. The molecule has 0 saturated heterocycles. The molecule has 2 N–H and O–H groups in total. The van der Waals surface area contributed by atoms with E-state index in [9.17, 15) is 9.59 Å². The van der Waals surface area contributed by atoms with Gasteiger partial charge in [-0.3, -0.25) is 9.59 Å². The number of hydrogen-bond acceptors (Lipinski definition) is 6. The first-order chi connectivity index (χ1) is 13.4. The Morgan fingerprint density at radius 3 is 2.50 bits per heavy atom. The van der Waals surface area contributed by atoms with E-state index < -0.39 is 0 Å². The maximum atomic E-state index is 12.4. The molecular weight excluding hydrogens is 358 g/mol. The third-order valence-corrected chi connectivity index (χ3v) is 4.10. The number of hydrogen-bond donors (Lipinski definition) is 2. The van der Waals surface area contributed by atoms with Crippen molar-refractivity contribution in [2.24, 2.45) is 0 Å². The molecule has 0 aliphatic carbocycles. The molecule has 9 nitrogen and oxygen atoms in total. The summed E-state index contributed by atoms with van der Waals surface area (Å²) in [7, 11) is 3.84. The molecule has 0 aliphatic heterocycles. The predicted molar refractivity (Wildman–Crippen MR) is 106 cm³/mol. The third kappa shape index (κ3) is 4.25. The highest BCUT2D eigenvalue weighted by molar-refractivity contribution is 5.94. The number of rotatable bonds is 6. The molecule has 3 rings (SSSR count). The highest BCUT2D eigenvalue weighted by atomic mass is 16.1. The Kier molecular flexibility index (Phi) is 5.53. The standard InChI is InChI=1S/C19H23N7O2/c1-5-26-19(25(3)4)23-17(24-26)13-6-8-14(9-7-13)18(28)20-11-15-10-16(27)22-12(2)21-15/h6-10H,5,11H2,1-4H3,(H,20,28)(H,21,22,27). The fraction of sp³-hybridized carbons (Fsp3) is 0.316. The smallest absolute Gasteiger partial charge is 0.251 e. The van der Waals surface area contributed by atoms with Gasteiger partial charge >= 0.3 is 0 Å². The SMILES string of the molecule is CCn1nc(-c2ccc(C(=O)NCc3cc(=O)[nH]c(C)n3)cc2)nc1N(C)C. The summed E-state index contributed by atoms with van der Waals surface area (Å²) in [6.07, 6.45) is 0. The lowest BCUT2D eigenvalue weighted by Crippen LogP contribution is -2.24. The average Bonchev–Trinajstić information content (AvgIpc) is 3.10. The molecule has 28 heavy (non-hydrogen) atoms. The van der Waals surface area contributed by atoms with Crippen LogP contribution >= 0.6 is 0 Å². The fourth-order valence-corrected chi connectivity index (χ4v) is 2.77. The molecule has 0 unspecified atom stereocenters. The number of nitrogens with zero attached hydrogens (tertiary/aromatic N) is 5. The van der Waals surface area contributed by atoms with E-state index in [1.807, 2.05) is 42.7 Å². The highest BCUT2D eigenvalue weighted by Crippen LogP contribution is 2.19. The van der Waals surface area contributed by atoms with Gasteiger partial charge in [0.1, 0.15) is 5.82 Å². The maximum absolute atomic E-state index is 12.4. The van der Waals surface area contributed by atoms with Crippen LogP contribution in [0.15, 0.2) is 35.1 Å². The largest absolute Gasteiger partial charge is 0.347 e. The molecular formula is C19H23N7O2. The molecule has 0 radical (unpaired) electrons. The van der Waals surface area contributed by atoms with Crippen LogP contribution in [0.4, 0.5) is 5.95 Å². The van der Waals surface area contributed by atoms with Crippen LogP contribution < -0.4 is 15.8 Å². The van der Waals surface area contributed by atoms with Crippen LogP contribution in [0, 0.1) is 6.92 Å². The summed E-state index contributed by atoms with van der Waals surface area (Å²) in [5.41, 5.74) is 1.61. The zero-order chi connectivity index (χ0) is 20.3. The Labute approximate surface area is 162 Å². The molecule has 0 bridgehead atoms. The lowest BCUT2D eigenvalue weighted by atomic mass is 10.1. The second-order valence-electron chi connectivity index (χ2n) is 6.53. The van der Waals surface area contributed by atoms with Crippen molar-refractivity contribution in [3.8, 4) is 11.4 Å². The van der Waals surface area contributed by atoms with Gasteiger partial charge in [0.15, 0.2) is 5.82 Å². The fourth-order valence-electron chi connectivity index (χ4n) is 2.77. The molecule has 9 heteroatoms. The average molecular weight is 381 g/mol. The molecule has 0 fully saturated rings. The van der Waals surface area contributed by atoms with Crippen LogP contribution in [0.3, 0.4) is 0 Å². The topological polar surface area (TPSA) is 109 Å². The molecule has 1 amide bonds. The number of anilines is 1. The van der Waals surface area contributed by atoms with Crippen molar-refractivity contribution >= 4 is 11.9 Å². The summed E-state index contributed by atoms with van der Waals surface area (Å²) >= 11 is 0. The van der Waals surface area contributed by atoms with Crippen LogP contribution in [-0.2, 0) is 13.1 Å². The van der Waals surface area contributed by atoms with Crippen LogP contribution in [0.5, 0.6) is 0 Å². The van der Waals surface area contributed by atoms with E-state index >= 15 is 0 Å². The lowest BCUT2D eigenvalue weighted by Gasteiger charge is -2.10. The summed E-state index contributed by atoms with van der Waals surface area (Å²) in [4.78, 5) is 37.1. The van der Waals surface area contributed by atoms with Gasteiger partial charge in [0.2, 0.25) is 5.95 Å². The summed E-state index contributed by atoms with van der Waals surface area (Å²) in [6.45, 7) is 4.60. The molecule has 2 aromatic heterocycles. The number of aryl methyl sites for hydroxylation is 2. The van der Waals surface area contributed by atoms with Crippen molar-refractivity contribution < 1.29 is 4.79 Å². The summed E-state index contributed by atoms with van der Waals surface area (Å²) in [5, 5.41) is 7.28. The van der Waals surface area contributed by atoms with Crippen LogP contribution in [0.1, 0.15) is 28.8 Å². The summed E-state index contributed by atoms with van der Waals surface area (Å²) < 4.78 is 1.83. The van der Waals surface area contributed by atoms with Gasteiger partial charge in [-0.1, -0.05) is 12.1 Å². The molecule has 146 valence electrons. The first-order valence-electron chi connectivity index (χ1n) is 8.95. The lowest BCUT2D eigenvalue weighted by molar-refractivity contribution is 0.0950. The summed E-state index contributed by atoms with van der Waals surface area (Å²) in [6, 6.07) is 8.46. The number of nitrogens with one attached hydrogen (secondary N) is 2. The van der Waals surface area contributed by atoms with Crippen LogP contribution in [0.25, 0.3) is 11.4 Å². The molecule has 0 spiro atoms. The van der Waals surface area contributed by atoms with E-state index in [1.54, 1.807) is 19.1 Å². The van der Waals surface area contributed by atoms with Gasteiger partial charge in [-0.2, -0.15) is 4.98 Å². The van der Waals surface area contributed by atoms with Gasteiger partial charge in [0.25, 0.3) is 11.5 Å². The minimum atomic E-state index is -0.243. The van der Waals surface area contributed by atoms with E-state index in [2.05, 4.69) is 25.4 Å². The molecule has 1 aromatic carbocycles. The van der Waals surface area contributed by atoms with Crippen LogP contribution in [0.2, 0.25) is 0 Å². The zero-order valence-electron chi connectivity index (χ0n) is 16.4. The minimum Gasteiger partial charge on any atom is -0.347 e.